The fraction of sp³-hybridized carbons (Fsp3) is 0.769. The lowest BCUT2D eigenvalue weighted by Gasteiger charge is -2.31. The Morgan fingerprint density at radius 2 is 2.00 bits per heavy atom. The first-order valence-corrected chi connectivity index (χ1v) is 6.45. The molecule has 17 heavy (non-hydrogen) atoms. The van der Waals surface area contributed by atoms with Gasteiger partial charge in [-0.25, -0.2) is 0 Å². The highest BCUT2D eigenvalue weighted by Gasteiger charge is 2.22. The predicted octanol–water partition coefficient (Wildman–Crippen LogP) is 2.04. The van der Waals surface area contributed by atoms with E-state index in [1.807, 2.05) is 13.8 Å². The second-order valence-corrected chi connectivity index (χ2v) is 5.20. The third-order valence-electron chi connectivity index (χ3n) is 3.73. The number of aryl methyl sites for hydroxylation is 2. The van der Waals surface area contributed by atoms with Gasteiger partial charge in [-0.05, 0) is 53.8 Å². The molecular formula is C13H23N3O. The number of piperidine rings is 1. The molecule has 0 radical (unpaired) electrons. The highest BCUT2D eigenvalue weighted by molar-refractivity contribution is 5.24. The van der Waals surface area contributed by atoms with Gasteiger partial charge in [0.1, 0.15) is 5.76 Å². The van der Waals surface area contributed by atoms with Crippen LogP contribution in [0.25, 0.3) is 0 Å². The molecule has 1 fully saturated rings. The maximum Gasteiger partial charge on any atom is 0.138 e. The van der Waals surface area contributed by atoms with Crippen LogP contribution in [0.2, 0.25) is 0 Å². The van der Waals surface area contributed by atoms with E-state index in [1.165, 1.54) is 31.5 Å². The van der Waals surface area contributed by atoms with Gasteiger partial charge in [0, 0.05) is 17.6 Å². The third kappa shape index (κ3) is 2.87. The zero-order valence-electron chi connectivity index (χ0n) is 11.3. The van der Waals surface area contributed by atoms with Gasteiger partial charge >= 0.3 is 0 Å². The smallest absolute Gasteiger partial charge is 0.138 e. The number of rotatable bonds is 3. The molecule has 0 amide bonds. The lowest BCUT2D eigenvalue weighted by Crippen LogP contribution is -2.41. The highest BCUT2D eigenvalue weighted by Crippen LogP contribution is 2.22. The van der Waals surface area contributed by atoms with E-state index in [1.54, 1.807) is 0 Å². The Morgan fingerprint density at radius 3 is 2.53 bits per heavy atom. The van der Waals surface area contributed by atoms with Crippen molar-refractivity contribution < 1.29 is 4.52 Å². The molecule has 0 saturated carbocycles. The lowest BCUT2D eigenvalue weighted by atomic mass is 10.0. The van der Waals surface area contributed by atoms with Gasteiger partial charge in [-0.2, -0.15) is 0 Å². The summed E-state index contributed by atoms with van der Waals surface area (Å²) in [6.07, 6.45) is 2.45. The van der Waals surface area contributed by atoms with Crippen molar-refractivity contribution in [3.05, 3.63) is 17.0 Å². The molecule has 1 aromatic rings. The minimum absolute atomic E-state index is 0.328. The molecule has 0 aliphatic carbocycles. The van der Waals surface area contributed by atoms with E-state index >= 15 is 0 Å². The minimum atomic E-state index is 0.328. The summed E-state index contributed by atoms with van der Waals surface area (Å²) in [5.41, 5.74) is 2.24. The topological polar surface area (TPSA) is 41.3 Å². The maximum absolute atomic E-state index is 5.22. The molecule has 1 aromatic heterocycles. The molecule has 1 saturated heterocycles. The summed E-state index contributed by atoms with van der Waals surface area (Å²) in [7, 11) is 2.19. The monoisotopic (exact) mass is 237 g/mol. The third-order valence-corrected chi connectivity index (χ3v) is 3.73. The fourth-order valence-corrected chi connectivity index (χ4v) is 2.72. The van der Waals surface area contributed by atoms with Crippen molar-refractivity contribution in [1.82, 2.24) is 15.4 Å². The Morgan fingerprint density at radius 1 is 1.35 bits per heavy atom. The van der Waals surface area contributed by atoms with Crippen LogP contribution >= 0.6 is 0 Å². The molecule has 4 heteroatoms. The number of nitrogens with one attached hydrogen (secondary N) is 1. The Bertz CT molecular complexity index is 347. The zero-order valence-corrected chi connectivity index (χ0v) is 11.3. The Hall–Kier alpha value is -0.870. The van der Waals surface area contributed by atoms with Crippen LogP contribution in [0.15, 0.2) is 4.52 Å². The van der Waals surface area contributed by atoms with E-state index in [9.17, 15) is 0 Å². The molecule has 1 aliphatic heterocycles. The molecule has 96 valence electrons. The molecule has 1 aliphatic rings. The number of nitrogens with zero attached hydrogens (tertiary/aromatic N) is 2. The normalized spacial score (nSPS) is 20.7. The fourth-order valence-electron chi connectivity index (χ4n) is 2.72. The quantitative estimate of drug-likeness (QED) is 0.873. The molecule has 2 rings (SSSR count). The van der Waals surface area contributed by atoms with E-state index in [0.717, 1.165) is 11.5 Å². The van der Waals surface area contributed by atoms with Crippen LogP contribution < -0.4 is 5.32 Å². The Balaban J connectivity index is 1.95. The molecule has 1 atom stereocenters. The molecule has 1 N–H and O–H groups in total. The van der Waals surface area contributed by atoms with Crippen molar-refractivity contribution in [2.45, 2.75) is 45.7 Å². The van der Waals surface area contributed by atoms with Crippen molar-refractivity contribution >= 4 is 0 Å². The van der Waals surface area contributed by atoms with Crippen LogP contribution in [0.4, 0.5) is 0 Å². The van der Waals surface area contributed by atoms with Gasteiger partial charge in [-0.15, -0.1) is 0 Å². The minimum Gasteiger partial charge on any atom is -0.361 e. The van der Waals surface area contributed by atoms with Gasteiger partial charge in [-0.1, -0.05) is 5.16 Å². The molecule has 1 unspecified atom stereocenters. The molecule has 0 aromatic carbocycles. The average molecular weight is 237 g/mol. The average Bonchev–Trinajstić information content (AvgIpc) is 2.62. The largest absolute Gasteiger partial charge is 0.361 e. The summed E-state index contributed by atoms with van der Waals surface area (Å²) in [5, 5.41) is 7.72. The van der Waals surface area contributed by atoms with Gasteiger partial charge in [0.05, 0.1) is 5.69 Å². The number of hydrogen-bond acceptors (Lipinski definition) is 4. The van der Waals surface area contributed by atoms with Crippen LogP contribution in [0.5, 0.6) is 0 Å². The van der Waals surface area contributed by atoms with Crippen molar-refractivity contribution in [3.63, 3.8) is 0 Å². The van der Waals surface area contributed by atoms with Crippen LogP contribution in [0, 0.1) is 13.8 Å². The van der Waals surface area contributed by atoms with E-state index < -0.39 is 0 Å². The first-order chi connectivity index (χ1) is 8.08. The standard InChI is InChI=1S/C13H23N3O/c1-9(13-10(2)15-17-11(13)3)14-12-5-7-16(4)8-6-12/h9,12,14H,5-8H2,1-4H3. The van der Waals surface area contributed by atoms with Crippen molar-refractivity contribution in [2.75, 3.05) is 20.1 Å². The van der Waals surface area contributed by atoms with Gasteiger partial charge in [0.25, 0.3) is 0 Å². The van der Waals surface area contributed by atoms with Crippen molar-refractivity contribution in [3.8, 4) is 0 Å². The van der Waals surface area contributed by atoms with E-state index in [4.69, 9.17) is 4.52 Å². The molecule has 0 bridgehead atoms. The van der Waals surface area contributed by atoms with Crippen molar-refractivity contribution in [1.29, 1.82) is 0 Å². The van der Waals surface area contributed by atoms with Crippen LogP contribution in [0.3, 0.4) is 0 Å². The zero-order chi connectivity index (χ0) is 12.4. The van der Waals surface area contributed by atoms with Crippen LogP contribution in [-0.2, 0) is 0 Å². The summed E-state index contributed by atoms with van der Waals surface area (Å²) in [6, 6.07) is 0.949. The number of hydrogen-bond donors (Lipinski definition) is 1. The predicted molar refractivity (Wildman–Crippen MR) is 68.0 cm³/mol. The van der Waals surface area contributed by atoms with Crippen molar-refractivity contribution in [2.24, 2.45) is 0 Å². The number of likely N-dealkylation sites (tertiary alicyclic amines) is 1. The van der Waals surface area contributed by atoms with Crippen LogP contribution in [0.1, 0.15) is 42.8 Å². The second kappa shape index (κ2) is 5.19. The summed E-state index contributed by atoms with van der Waals surface area (Å²) in [5.74, 6) is 0.940. The molecular weight excluding hydrogens is 214 g/mol. The Labute approximate surface area is 103 Å². The molecule has 0 spiro atoms. The van der Waals surface area contributed by atoms with Crippen LogP contribution in [-0.4, -0.2) is 36.2 Å². The summed E-state index contributed by atoms with van der Waals surface area (Å²) < 4.78 is 5.22. The maximum atomic E-state index is 5.22. The summed E-state index contributed by atoms with van der Waals surface area (Å²) >= 11 is 0. The van der Waals surface area contributed by atoms with E-state index in [0.29, 0.717) is 12.1 Å². The van der Waals surface area contributed by atoms with E-state index in [2.05, 4.69) is 29.3 Å². The van der Waals surface area contributed by atoms with Gasteiger partial charge in [-0.3, -0.25) is 0 Å². The lowest BCUT2D eigenvalue weighted by molar-refractivity contribution is 0.226. The highest BCUT2D eigenvalue weighted by atomic mass is 16.5. The SMILES string of the molecule is Cc1noc(C)c1C(C)NC1CCN(C)CC1. The first kappa shape index (κ1) is 12.6. The van der Waals surface area contributed by atoms with Gasteiger partial charge in [0.2, 0.25) is 0 Å². The Kier molecular flexibility index (Phi) is 3.84. The second-order valence-electron chi connectivity index (χ2n) is 5.20. The first-order valence-electron chi connectivity index (χ1n) is 6.45. The number of aromatic nitrogens is 1. The summed E-state index contributed by atoms with van der Waals surface area (Å²) in [4.78, 5) is 2.39. The van der Waals surface area contributed by atoms with Gasteiger partial charge in [0.15, 0.2) is 0 Å². The van der Waals surface area contributed by atoms with Gasteiger partial charge < -0.3 is 14.7 Å². The summed E-state index contributed by atoms with van der Waals surface area (Å²) in [6.45, 7) is 8.57. The van der Waals surface area contributed by atoms with E-state index in [-0.39, 0.29) is 0 Å². The molecule has 4 nitrogen and oxygen atoms in total. The molecule has 2 heterocycles.